The van der Waals surface area contributed by atoms with Crippen molar-refractivity contribution in [1.29, 1.82) is 0 Å². The van der Waals surface area contributed by atoms with Crippen LogP contribution in [0.4, 0.5) is 11.4 Å². The fourth-order valence-electron chi connectivity index (χ4n) is 2.74. The number of para-hydroxylation sites is 2. The molecule has 1 aliphatic heterocycles. The second-order valence-corrected chi connectivity index (χ2v) is 7.76. The van der Waals surface area contributed by atoms with Gasteiger partial charge in [0.2, 0.25) is 0 Å². The van der Waals surface area contributed by atoms with Gasteiger partial charge in [-0.3, -0.25) is 9.45 Å². The summed E-state index contributed by atoms with van der Waals surface area (Å²) in [7, 11) is -4.43. The van der Waals surface area contributed by atoms with Crippen molar-refractivity contribution in [2.45, 2.75) is 23.6 Å². The lowest BCUT2D eigenvalue weighted by Crippen LogP contribution is -2.26. The van der Waals surface area contributed by atoms with Crippen molar-refractivity contribution in [3.63, 3.8) is 0 Å². The summed E-state index contributed by atoms with van der Waals surface area (Å²) >= 11 is 1.58. The molecule has 0 saturated carbocycles. The molecule has 0 amide bonds. The van der Waals surface area contributed by atoms with Gasteiger partial charge in [0.1, 0.15) is 0 Å². The molecule has 0 aromatic heterocycles. The van der Waals surface area contributed by atoms with E-state index in [1.165, 1.54) is 0 Å². The smallest absolute Gasteiger partial charge is 0.296 e. The summed E-state index contributed by atoms with van der Waals surface area (Å²) in [5, 5.41) is -0.124. The van der Waals surface area contributed by atoms with Gasteiger partial charge in [0.15, 0.2) is 5.03 Å². The van der Waals surface area contributed by atoms with Gasteiger partial charge in [-0.15, -0.1) is 0 Å². The minimum Gasteiger partial charge on any atom is -0.296 e. The Kier molecular flexibility index (Phi) is 4.54. The van der Waals surface area contributed by atoms with Crippen LogP contribution >= 0.6 is 11.8 Å². The van der Waals surface area contributed by atoms with Crippen LogP contribution in [0.25, 0.3) is 0 Å². The largest absolute Gasteiger partial charge is 0.310 e. The Morgan fingerprint density at radius 1 is 1.04 bits per heavy atom. The average molecular weight is 359 g/mol. The number of fused-ring (bicyclic) bond motifs is 2. The van der Waals surface area contributed by atoms with E-state index in [0.717, 1.165) is 21.2 Å². The zero-order chi connectivity index (χ0) is 17.3. The van der Waals surface area contributed by atoms with E-state index in [9.17, 15) is 13.0 Å². The van der Waals surface area contributed by atoms with Crippen LogP contribution in [-0.4, -0.2) is 13.0 Å². The minimum atomic E-state index is -4.43. The summed E-state index contributed by atoms with van der Waals surface area (Å²) in [4.78, 5) is 3.49. The highest BCUT2D eigenvalue weighted by molar-refractivity contribution is 7.99. The molecular weight excluding hydrogens is 342 g/mol. The Hall–Kier alpha value is -2.02. The summed E-state index contributed by atoms with van der Waals surface area (Å²) in [5.41, 5.74) is 1.94. The van der Waals surface area contributed by atoms with E-state index in [2.05, 4.69) is 0 Å². The van der Waals surface area contributed by atoms with Gasteiger partial charge in [0.25, 0.3) is 0 Å². The summed E-state index contributed by atoms with van der Waals surface area (Å²) in [6, 6.07) is 15.1. The van der Waals surface area contributed by atoms with Crippen LogP contribution in [0, 0.1) is 0 Å². The number of hydrogen-bond donors (Lipinski definition) is 1. The molecule has 0 aliphatic carbocycles. The molecule has 3 rings (SSSR count). The number of rotatable bonds is 3. The molecule has 1 N–H and O–H groups in total. The SMILES string of the molecule is C/C=C/C(C)=C(/N1c2ccccc2Sc2ccccc21)S(=O)(=O)O. The van der Waals surface area contributed by atoms with Crippen LogP contribution in [0.2, 0.25) is 0 Å². The van der Waals surface area contributed by atoms with Gasteiger partial charge in [-0.1, -0.05) is 48.2 Å². The third kappa shape index (κ3) is 3.00. The van der Waals surface area contributed by atoms with Crippen molar-refractivity contribution in [3.05, 3.63) is 71.3 Å². The molecule has 4 nitrogen and oxygen atoms in total. The van der Waals surface area contributed by atoms with Crippen molar-refractivity contribution in [1.82, 2.24) is 0 Å². The number of benzene rings is 2. The molecule has 0 bridgehead atoms. The Morgan fingerprint density at radius 2 is 1.54 bits per heavy atom. The van der Waals surface area contributed by atoms with E-state index < -0.39 is 10.1 Å². The van der Waals surface area contributed by atoms with Gasteiger partial charge in [-0.2, -0.15) is 8.42 Å². The first kappa shape index (κ1) is 16.8. The summed E-state index contributed by atoms with van der Waals surface area (Å²) in [6.45, 7) is 3.48. The van der Waals surface area contributed by atoms with Crippen molar-refractivity contribution < 1.29 is 13.0 Å². The zero-order valence-corrected chi connectivity index (χ0v) is 14.9. The second kappa shape index (κ2) is 6.47. The molecule has 0 unspecified atom stereocenters. The molecule has 0 radical (unpaired) electrons. The van der Waals surface area contributed by atoms with Crippen molar-refractivity contribution in [3.8, 4) is 0 Å². The van der Waals surface area contributed by atoms with Crippen LogP contribution in [0.1, 0.15) is 13.8 Å². The Bertz CT molecular complexity index is 901. The number of anilines is 2. The van der Waals surface area contributed by atoms with E-state index in [4.69, 9.17) is 0 Å². The van der Waals surface area contributed by atoms with Crippen molar-refractivity contribution in [2.75, 3.05) is 4.90 Å². The topological polar surface area (TPSA) is 57.6 Å². The third-order valence-electron chi connectivity index (χ3n) is 3.63. The standard InChI is InChI=1S/C18H17NO3S2/c1-3-8-13(2)18(24(20,21)22)19-14-9-4-6-11-16(14)23-17-12-7-5-10-15(17)19/h3-12H,1-2H3,(H,20,21,22)/b8-3+,18-13-. The minimum absolute atomic E-state index is 0.124. The summed E-state index contributed by atoms with van der Waals surface area (Å²) in [6.07, 6.45) is 3.42. The molecule has 2 aromatic carbocycles. The molecule has 0 atom stereocenters. The van der Waals surface area contributed by atoms with Gasteiger partial charge in [-0.05, 0) is 43.7 Å². The quantitative estimate of drug-likeness (QED) is 0.618. The number of hydrogen-bond acceptors (Lipinski definition) is 4. The first-order chi connectivity index (χ1) is 11.4. The van der Waals surface area contributed by atoms with Gasteiger partial charge in [0, 0.05) is 9.79 Å². The van der Waals surface area contributed by atoms with Gasteiger partial charge in [0.05, 0.1) is 11.4 Å². The summed E-state index contributed by atoms with van der Waals surface area (Å²) < 4.78 is 34.3. The molecular formula is C18H17NO3S2. The highest BCUT2D eigenvalue weighted by Gasteiger charge is 2.32. The van der Waals surface area contributed by atoms with Gasteiger partial charge in [-0.25, -0.2) is 0 Å². The predicted molar refractivity (Wildman–Crippen MR) is 98.2 cm³/mol. The molecule has 0 fully saturated rings. The number of allylic oxidation sites excluding steroid dienone is 3. The molecule has 24 heavy (non-hydrogen) atoms. The van der Waals surface area contributed by atoms with Gasteiger partial charge >= 0.3 is 10.1 Å². The maximum atomic E-state index is 12.2. The first-order valence-corrected chi connectivity index (χ1v) is 9.66. The lowest BCUT2D eigenvalue weighted by atomic mass is 10.2. The van der Waals surface area contributed by atoms with Crippen LogP contribution in [0.15, 0.2) is 81.1 Å². The lowest BCUT2D eigenvalue weighted by Gasteiger charge is -2.33. The first-order valence-electron chi connectivity index (χ1n) is 7.40. The predicted octanol–water partition coefficient (Wildman–Crippen LogP) is 4.98. The van der Waals surface area contributed by atoms with Gasteiger partial charge < -0.3 is 0 Å². The van der Waals surface area contributed by atoms with Crippen molar-refractivity contribution >= 4 is 33.3 Å². The highest BCUT2D eigenvalue weighted by Crippen LogP contribution is 2.50. The zero-order valence-electron chi connectivity index (χ0n) is 13.3. The van der Waals surface area contributed by atoms with Crippen LogP contribution in [0.3, 0.4) is 0 Å². The van der Waals surface area contributed by atoms with E-state index in [-0.39, 0.29) is 5.03 Å². The molecule has 124 valence electrons. The summed E-state index contributed by atoms with van der Waals surface area (Å²) in [5.74, 6) is 0. The molecule has 1 aliphatic rings. The van der Waals surface area contributed by atoms with E-state index in [0.29, 0.717) is 5.57 Å². The maximum Gasteiger partial charge on any atom is 0.310 e. The fourth-order valence-corrected chi connectivity index (χ4v) is 4.70. The van der Waals surface area contributed by atoms with Crippen LogP contribution < -0.4 is 4.90 Å². The molecule has 0 spiro atoms. The Balaban J connectivity index is 2.36. The van der Waals surface area contributed by atoms with E-state index in [1.54, 1.807) is 42.7 Å². The van der Waals surface area contributed by atoms with Crippen molar-refractivity contribution in [2.24, 2.45) is 0 Å². The van der Waals surface area contributed by atoms with Crippen LogP contribution in [-0.2, 0) is 10.1 Å². The Morgan fingerprint density at radius 3 is 2.00 bits per heavy atom. The average Bonchev–Trinajstić information content (AvgIpc) is 2.53. The maximum absolute atomic E-state index is 12.2. The second-order valence-electron chi connectivity index (χ2n) is 5.34. The molecule has 6 heteroatoms. The molecule has 0 saturated heterocycles. The normalized spacial score (nSPS) is 15.0. The third-order valence-corrected chi connectivity index (χ3v) is 5.76. The monoisotopic (exact) mass is 359 g/mol. The van der Waals surface area contributed by atoms with E-state index in [1.807, 2.05) is 48.5 Å². The molecule has 1 heterocycles. The fraction of sp³-hybridized carbons (Fsp3) is 0.111. The lowest BCUT2D eigenvalue weighted by molar-refractivity contribution is 0.489. The van der Waals surface area contributed by atoms with Crippen LogP contribution in [0.5, 0.6) is 0 Å². The number of nitrogens with zero attached hydrogens (tertiary/aromatic N) is 1. The highest BCUT2D eigenvalue weighted by atomic mass is 32.2. The van der Waals surface area contributed by atoms with E-state index >= 15 is 0 Å². The molecule has 2 aromatic rings. The Labute approximate surface area is 146 Å².